The molecule has 31 heavy (non-hydrogen) atoms. The summed E-state index contributed by atoms with van der Waals surface area (Å²) in [7, 11) is -3.62. The van der Waals surface area contributed by atoms with Crippen molar-refractivity contribution < 1.29 is 22.4 Å². The molecule has 2 fully saturated rings. The van der Waals surface area contributed by atoms with Crippen molar-refractivity contribution >= 4 is 27.5 Å². The van der Waals surface area contributed by atoms with E-state index in [2.05, 4.69) is 17.1 Å². The molecule has 0 spiro atoms. The minimum Gasteiger partial charge on any atom is -0.468 e. The molecule has 3 heterocycles. The minimum atomic E-state index is -3.62. The van der Waals surface area contributed by atoms with E-state index < -0.39 is 15.9 Å². The lowest BCUT2D eigenvalue weighted by Crippen LogP contribution is -2.41. The van der Waals surface area contributed by atoms with Crippen LogP contribution in [-0.4, -0.2) is 50.5 Å². The number of nitrogens with one attached hydrogen (secondary N) is 1. The summed E-state index contributed by atoms with van der Waals surface area (Å²) in [4.78, 5) is 27.0. The molecule has 1 aromatic heterocycles. The fraction of sp³-hybridized carbons (Fsp3) is 0.455. The highest BCUT2D eigenvalue weighted by molar-refractivity contribution is 7.94. The van der Waals surface area contributed by atoms with Crippen molar-refractivity contribution in [2.45, 2.75) is 32.2 Å². The summed E-state index contributed by atoms with van der Waals surface area (Å²) in [6.07, 6.45) is 3.85. The van der Waals surface area contributed by atoms with E-state index in [-0.39, 0.29) is 29.8 Å². The van der Waals surface area contributed by atoms with Crippen LogP contribution >= 0.6 is 0 Å². The zero-order chi connectivity index (χ0) is 22.0. The number of hydrogen-bond acceptors (Lipinski definition) is 6. The van der Waals surface area contributed by atoms with Crippen LogP contribution in [0.2, 0.25) is 0 Å². The van der Waals surface area contributed by atoms with E-state index in [0.29, 0.717) is 18.0 Å². The molecule has 1 aromatic carbocycles. The minimum absolute atomic E-state index is 0.0198. The number of benzene rings is 1. The molecule has 2 amide bonds. The lowest BCUT2D eigenvalue weighted by Gasteiger charge is -2.35. The van der Waals surface area contributed by atoms with Gasteiger partial charge in [-0.1, -0.05) is 6.92 Å². The van der Waals surface area contributed by atoms with Gasteiger partial charge in [0, 0.05) is 18.5 Å². The SMILES string of the molecule is CC1CCN(C(CNC(=O)c2ccc(N3C(=O)CCS3(=O)=O)cc2)c2ccco2)CC1. The van der Waals surface area contributed by atoms with E-state index in [1.54, 1.807) is 6.26 Å². The molecule has 0 aliphatic carbocycles. The summed E-state index contributed by atoms with van der Waals surface area (Å²) in [5, 5.41) is 2.97. The number of carbonyl (C=O) groups excluding carboxylic acids is 2. The van der Waals surface area contributed by atoms with Crippen LogP contribution in [0.15, 0.2) is 47.1 Å². The third kappa shape index (κ3) is 4.67. The molecule has 0 radical (unpaired) electrons. The number of piperidine rings is 1. The van der Waals surface area contributed by atoms with Crippen molar-refractivity contribution in [3.8, 4) is 0 Å². The second kappa shape index (κ2) is 8.84. The van der Waals surface area contributed by atoms with Crippen LogP contribution in [0.4, 0.5) is 5.69 Å². The molecule has 1 N–H and O–H groups in total. The van der Waals surface area contributed by atoms with Crippen molar-refractivity contribution in [1.29, 1.82) is 0 Å². The van der Waals surface area contributed by atoms with Crippen LogP contribution in [0.3, 0.4) is 0 Å². The Labute approximate surface area is 182 Å². The van der Waals surface area contributed by atoms with Gasteiger partial charge in [0.25, 0.3) is 5.91 Å². The fourth-order valence-corrected chi connectivity index (χ4v) is 5.60. The molecule has 2 saturated heterocycles. The maximum Gasteiger partial charge on any atom is 0.251 e. The standard InChI is InChI=1S/C22H27N3O5S/c1-16-8-11-24(12-9-16)19(20-3-2-13-30-20)15-23-22(27)17-4-6-18(7-5-17)25-21(26)10-14-31(25,28)29/h2-7,13,16,19H,8-12,14-15H2,1H3,(H,23,27). The van der Waals surface area contributed by atoms with Crippen molar-refractivity contribution in [3.63, 3.8) is 0 Å². The molecule has 4 rings (SSSR count). The zero-order valence-electron chi connectivity index (χ0n) is 17.5. The van der Waals surface area contributed by atoms with Crippen molar-refractivity contribution in [1.82, 2.24) is 10.2 Å². The lowest BCUT2D eigenvalue weighted by atomic mass is 9.97. The van der Waals surface area contributed by atoms with Crippen LogP contribution in [-0.2, 0) is 14.8 Å². The molecule has 9 heteroatoms. The Hall–Kier alpha value is -2.65. The zero-order valence-corrected chi connectivity index (χ0v) is 18.3. The number of carbonyl (C=O) groups is 2. The van der Waals surface area contributed by atoms with Gasteiger partial charge in [-0.2, -0.15) is 0 Å². The summed E-state index contributed by atoms with van der Waals surface area (Å²) in [6, 6.07) is 9.79. The molecule has 2 aromatic rings. The first-order valence-corrected chi connectivity index (χ1v) is 12.2. The van der Waals surface area contributed by atoms with Gasteiger partial charge in [-0.3, -0.25) is 14.5 Å². The molecule has 1 unspecified atom stereocenters. The van der Waals surface area contributed by atoms with Crippen LogP contribution in [0.5, 0.6) is 0 Å². The number of nitrogens with zero attached hydrogens (tertiary/aromatic N) is 2. The van der Waals surface area contributed by atoms with Gasteiger partial charge in [-0.15, -0.1) is 0 Å². The summed E-state index contributed by atoms with van der Waals surface area (Å²) >= 11 is 0. The third-order valence-electron chi connectivity index (χ3n) is 6.03. The highest BCUT2D eigenvalue weighted by Crippen LogP contribution is 2.27. The second-order valence-electron chi connectivity index (χ2n) is 8.23. The fourth-order valence-electron chi connectivity index (χ4n) is 4.14. The number of sulfonamides is 1. The van der Waals surface area contributed by atoms with E-state index in [1.807, 2.05) is 12.1 Å². The summed E-state index contributed by atoms with van der Waals surface area (Å²) in [6.45, 7) is 4.57. The predicted molar refractivity (Wildman–Crippen MR) is 116 cm³/mol. The Kier molecular flexibility index (Phi) is 6.15. The maximum absolute atomic E-state index is 12.7. The molecular weight excluding hydrogens is 418 g/mol. The van der Waals surface area contributed by atoms with E-state index >= 15 is 0 Å². The number of hydrogen-bond donors (Lipinski definition) is 1. The van der Waals surface area contributed by atoms with E-state index in [9.17, 15) is 18.0 Å². The van der Waals surface area contributed by atoms with Gasteiger partial charge < -0.3 is 9.73 Å². The van der Waals surface area contributed by atoms with Gasteiger partial charge in [0.15, 0.2) is 0 Å². The summed E-state index contributed by atoms with van der Waals surface area (Å²) < 4.78 is 30.6. The molecule has 166 valence electrons. The quantitative estimate of drug-likeness (QED) is 0.734. The van der Waals surface area contributed by atoms with Crippen LogP contribution in [0.1, 0.15) is 48.3 Å². The Morgan fingerprint density at radius 2 is 1.90 bits per heavy atom. The van der Waals surface area contributed by atoms with E-state index in [1.165, 1.54) is 24.3 Å². The average molecular weight is 446 g/mol. The Morgan fingerprint density at radius 3 is 2.48 bits per heavy atom. The maximum atomic E-state index is 12.7. The lowest BCUT2D eigenvalue weighted by molar-refractivity contribution is -0.116. The molecule has 1 atom stereocenters. The Balaban J connectivity index is 1.43. The highest BCUT2D eigenvalue weighted by Gasteiger charge is 2.36. The number of furan rings is 1. The van der Waals surface area contributed by atoms with Crippen molar-refractivity contribution in [3.05, 3.63) is 54.0 Å². The molecule has 0 saturated carbocycles. The number of rotatable bonds is 6. The van der Waals surface area contributed by atoms with Crippen molar-refractivity contribution in [2.24, 2.45) is 5.92 Å². The van der Waals surface area contributed by atoms with Gasteiger partial charge in [-0.05, 0) is 68.2 Å². The third-order valence-corrected chi connectivity index (χ3v) is 7.72. The Morgan fingerprint density at radius 1 is 1.19 bits per heavy atom. The molecule has 0 bridgehead atoms. The number of anilines is 1. The van der Waals surface area contributed by atoms with Gasteiger partial charge in [0.05, 0.1) is 23.7 Å². The van der Waals surface area contributed by atoms with Crippen molar-refractivity contribution in [2.75, 3.05) is 29.7 Å². The Bertz CT molecular complexity index is 1030. The molecular formula is C22H27N3O5S. The molecule has 8 nitrogen and oxygen atoms in total. The summed E-state index contributed by atoms with van der Waals surface area (Å²) in [5.41, 5.74) is 0.660. The largest absolute Gasteiger partial charge is 0.468 e. The molecule has 2 aliphatic rings. The predicted octanol–water partition coefficient (Wildman–Crippen LogP) is 2.55. The average Bonchev–Trinajstić information content (AvgIpc) is 3.37. The first-order valence-electron chi connectivity index (χ1n) is 10.6. The van der Waals surface area contributed by atoms with Crippen LogP contribution in [0, 0.1) is 5.92 Å². The van der Waals surface area contributed by atoms with Crippen LogP contribution in [0.25, 0.3) is 0 Å². The summed E-state index contributed by atoms with van der Waals surface area (Å²) in [5.74, 6) is 0.631. The smallest absolute Gasteiger partial charge is 0.251 e. The van der Waals surface area contributed by atoms with Gasteiger partial charge in [0.2, 0.25) is 15.9 Å². The van der Waals surface area contributed by atoms with E-state index in [0.717, 1.165) is 36.0 Å². The second-order valence-corrected chi connectivity index (χ2v) is 10.2. The monoisotopic (exact) mass is 445 g/mol. The highest BCUT2D eigenvalue weighted by atomic mass is 32.2. The number of likely N-dealkylation sites (tertiary alicyclic amines) is 1. The first kappa shape index (κ1) is 21.6. The normalized spacial score (nSPS) is 20.7. The van der Waals surface area contributed by atoms with Crippen LogP contribution < -0.4 is 9.62 Å². The number of amides is 2. The first-order chi connectivity index (χ1) is 14.8. The topological polar surface area (TPSA) is 99.9 Å². The van der Waals surface area contributed by atoms with E-state index in [4.69, 9.17) is 4.42 Å². The van der Waals surface area contributed by atoms with Gasteiger partial charge in [0.1, 0.15) is 5.76 Å². The van der Waals surface area contributed by atoms with Gasteiger partial charge >= 0.3 is 0 Å². The molecule has 2 aliphatic heterocycles. The van der Waals surface area contributed by atoms with Gasteiger partial charge in [-0.25, -0.2) is 12.7 Å².